The fraction of sp³-hybridized carbons (Fsp3) is 0.600. The predicted molar refractivity (Wildman–Crippen MR) is 94.1 cm³/mol. The second-order valence-electron chi connectivity index (χ2n) is 7.56. The number of piperidine rings is 1. The van der Waals surface area contributed by atoms with E-state index >= 15 is 0 Å². The van der Waals surface area contributed by atoms with E-state index in [2.05, 4.69) is 6.07 Å². The van der Waals surface area contributed by atoms with Crippen molar-refractivity contribution in [2.24, 2.45) is 17.6 Å². The molecule has 2 atom stereocenters. The molecule has 5 nitrogen and oxygen atoms in total. The van der Waals surface area contributed by atoms with Crippen molar-refractivity contribution in [2.75, 3.05) is 19.7 Å². The van der Waals surface area contributed by atoms with Gasteiger partial charge in [-0.1, -0.05) is 12.1 Å². The van der Waals surface area contributed by atoms with Gasteiger partial charge in [-0.25, -0.2) is 0 Å². The number of hydrogen-bond donors (Lipinski definition) is 1. The lowest BCUT2D eigenvalue weighted by molar-refractivity contribution is -0.124. The van der Waals surface area contributed by atoms with Crippen LogP contribution in [-0.4, -0.2) is 42.5 Å². The van der Waals surface area contributed by atoms with Crippen LogP contribution in [0.25, 0.3) is 0 Å². The molecule has 5 heteroatoms. The zero-order chi connectivity index (χ0) is 17.4. The van der Waals surface area contributed by atoms with E-state index in [1.165, 1.54) is 11.1 Å². The molecule has 0 spiro atoms. The van der Waals surface area contributed by atoms with Crippen LogP contribution < -0.4 is 5.73 Å². The van der Waals surface area contributed by atoms with Crippen LogP contribution in [0, 0.1) is 11.8 Å². The van der Waals surface area contributed by atoms with Crippen LogP contribution in [0.15, 0.2) is 18.2 Å². The highest BCUT2D eigenvalue weighted by molar-refractivity contribution is 5.96. The predicted octanol–water partition coefficient (Wildman–Crippen LogP) is 1.92. The molecule has 2 N–H and O–H groups in total. The number of nitrogens with two attached hydrogens (primary N) is 1. The summed E-state index contributed by atoms with van der Waals surface area (Å²) in [5, 5.41) is 0. The van der Waals surface area contributed by atoms with Gasteiger partial charge in [0.25, 0.3) is 5.91 Å². The smallest absolute Gasteiger partial charge is 0.254 e. The molecule has 2 saturated heterocycles. The average Bonchev–Trinajstić information content (AvgIpc) is 3.30. The van der Waals surface area contributed by atoms with Crippen molar-refractivity contribution in [3.05, 3.63) is 34.9 Å². The molecule has 1 aromatic carbocycles. The number of fused-ring (bicyclic) bond motifs is 1. The second kappa shape index (κ2) is 6.79. The Morgan fingerprint density at radius 3 is 2.68 bits per heavy atom. The monoisotopic (exact) mass is 342 g/mol. The number of nitrogens with zero attached hydrogens (tertiary/aromatic N) is 1. The van der Waals surface area contributed by atoms with E-state index in [-0.39, 0.29) is 23.8 Å². The number of carbonyl (C=O) groups excluding carboxylic acids is 2. The first-order valence-electron chi connectivity index (χ1n) is 9.46. The summed E-state index contributed by atoms with van der Waals surface area (Å²) in [4.78, 5) is 26.5. The second-order valence-corrected chi connectivity index (χ2v) is 7.56. The lowest BCUT2D eigenvalue weighted by Crippen LogP contribution is -2.44. The van der Waals surface area contributed by atoms with Gasteiger partial charge in [0.05, 0.1) is 12.0 Å². The highest BCUT2D eigenvalue weighted by atomic mass is 16.5. The van der Waals surface area contributed by atoms with E-state index in [0.29, 0.717) is 12.5 Å². The van der Waals surface area contributed by atoms with Gasteiger partial charge in [-0.2, -0.15) is 0 Å². The summed E-state index contributed by atoms with van der Waals surface area (Å²) in [6.07, 6.45) is 5.70. The average molecular weight is 342 g/mol. The molecule has 2 heterocycles. The van der Waals surface area contributed by atoms with E-state index in [1.54, 1.807) is 0 Å². The molecule has 0 unspecified atom stereocenters. The van der Waals surface area contributed by atoms with Gasteiger partial charge in [0, 0.05) is 25.3 Å². The SMILES string of the molecule is NC(=O)[C@H]1CCO[C@@H]1C1CCN(C(=O)c2cccc3c2CCC3)CC1. The Morgan fingerprint density at radius 1 is 1.12 bits per heavy atom. The molecular weight excluding hydrogens is 316 g/mol. The van der Waals surface area contributed by atoms with Gasteiger partial charge in [-0.15, -0.1) is 0 Å². The molecule has 0 saturated carbocycles. The standard InChI is InChI=1S/C20H26N2O3/c21-19(23)17-9-12-25-18(17)14-7-10-22(11-8-14)20(24)16-6-2-4-13-3-1-5-15(13)16/h2,4,6,14,17-18H,1,3,5,7-12H2,(H2,21,23)/t17-,18+/m0/s1. The van der Waals surface area contributed by atoms with Crippen LogP contribution in [-0.2, 0) is 22.4 Å². The number of hydrogen-bond acceptors (Lipinski definition) is 3. The van der Waals surface area contributed by atoms with Crippen molar-refractivity contribution in [3.63, 3.8) is 0 Å². The topological polar surface area (TPSA) is 72.6 Å². The molecule has 2 aliphatic heterocycles. The Bertz CT molecular complexity index is 680. The van der Waals surface area contributed by atoms with Gasteiger partial charge in [0.2, 0.25) is 5.91 Å². The molecular formula is C20H26N2O3. The lowest BCUT2D eigenvalue weighted by Gasteiger charge is -2.36. The largest absolute Gasteiger partial charge is 0.377 e. The third-order valence-corrected chi connectivity index (χ3v) is 6.17. The minimum absolute atomic E-state index is 0.0595. The number of carbonyl (C=O) groups is 2. The van der Waals surface area contributed by atoms with Gasteiger partial charge in [-0.05, 0) is 61.6 Å². The molecule has 0 radical (unpaired) electrons. The summed E-state index contributed by atoms with van der Waals surface area (Å²) in [5.74, 6) is 0.0760. The van der Waals surface area contributed by atoms with Gasteiger partial charge < -0.3 is 15.4 Å². The van der Waals surface area contributed by atoms with Crippen molar-refractivity contribution in [2.45, 2.75) is 44.6 Å². The summed E-state index contributed by atoms with van der Waals surface area (Å²) in [6.45, 7) is 2.09. The first-order chi connectivity index (χ1) is 12.1. The van der Waals surface area contributed by atoms with E-state index < -0.39 is 0 Å². The minimum Gasteiger partial charge on any atom is -0.377 e. The van der Waals surface area contributed by atoms with Gasteiger partial charge in [0.15, 0.2) is 0 Å². The normalized spacial score (nSPS) is 26.6. The first-order valence-corrected chi connectivity index (χ1v) is 9.46. The first kappa shape index (κ1) is 16.6. The highest BCUT2D eigenvalue weighted by Gasteiger charge is 2.40. The van der Waals surface area contributed by atoms with Gasteiger partial charge in [-0.3, -0.25) is 9.59 Å². The van der Waals surface area contributed by atoms with Crippen molar-refractivity contribution in [3.8, 4) is 0 Å². The van der Waals surface area contributed by atoms with E-state index in [1.807, 2.05) is 17.0 Å². The Balaban J connectivity index is 1.41. The van der Waals surface area contributed by atoms with Gasteiger partial charge >= 0.3 is 0 Å². The fourth-order valence-corrected chi connectivity index (χ4v) is 4.80. The third-order valence-electron chi connectivity index (χ3n) is 6.17. The molecule has 4 rings (SSSR count). The van der Waals surface area contributed by atoms with Crippen molar-refractivity contribution >= 4 is 11.8 Å². The van der Waals surface area contributed by atoms with E-state index in [9.17, 15) is 9.59 Å². The molecule has 134 valence electrons. The Morgan fingerprint density at radius 2 is 1.92 bits per heavy atom. The minimum atomic E-state index is -0.249. The zero-order valence-corrected chi connectivity index (χ0v) is 14.6. The summed E-state index contributed by atoms with van der Waals surface area (Å²) in [5.41, 5.74) is 8.99. The van der Waals surface area contributed by atoms with Crippen molar-refractivity contribution in [1.29, 1.82) is 0 Å². The summed E-state index contributed by atoms with van der Waals surface area (Å²) in [7, 11) is 0. The zero-order valence-electron chi connectivity index (χ0n) is 14.6. The lowest BCUT2D eigenvalue weighted by atomic mass is 9.83. The van der Waals surface area contributed by atoms with E-state index in [0.717, 1.165) is 57.2 Å². The highest BCUT2D eigenvalue weighted by Crippen LogP contribution is 2.34. The number of aryl methyl sites for hydroxylation is 1. The number of amides is 2. The van der Waals surface area contributed by atoms with Crippen molar-refractivity contribution in [1.82, 2.24) is 4.90 Å². The van der Waals surface area contributed by atoms with Crippen LogP contribution >= 0.6 is 0 Å². The molecule has 3 aliphatic rings. The van der Waals surface area contributed by atoms with Gasteiger partial charge in [0.1, 0.15) is 0 Å². The third kappa shape index (κ3) is 3.06. The maximum absolute atomic E-state index is 13.0. The molecule has 0 aromatic heterocycles. The maximum Gasteiger partial charge on any atom is 0.254 e. The van der Waals surface area contributed by atoms with Crippen LogP contribution in [0.4, 0.5) is 0 Å². The van der Waals surface area contributed by atoms with Crippen LogP contribution in [0.1, 0.15) is 47.2 Å². The fourth-order valence-electron chi connectivity index (χ4n) is 4.80. The Kier molecular flexibility index (Phi) is 4.50. The summed E-state index contributed by atoms with van der Waals surface area (Å²) in [6, 6.07) is 6.13. The van der Waals surface area contributed by atoms with Crippen LogP contribution in [0.2, 0.25) is 0 Å². The Labute approximate surface area is 148 Å². The molecule has 0 bridgehead atoms. The number of likely N-dealkylation sites (tertiary alicyclic amines) is 1. The maximum atomic E-state index is 13.0. The Hall–Kier alpha value is -1.88. The van der Waals surface area contributed by atoms with Crippen LogP contribution in [0.3, 0.4) is 0 Å². The number of primary amides is 1. The number of rotatable bonds is 3. The molecule has 25 heavy (non-hydrogen) atoms. The van der Waals surface area contributed by atoms with Crippen LogP contribution in [0.5, 0.6) is 0 Å². The summed E-state index contributed by atoms with van der Waals surface area (Å²) < 4.78 is 5.80. The number of benzene rings is 1. The summed E-state index contributed by atoms with van der Waals surface area (Å²) >= 11 is 0. The molecule has 2 amide bonds. The van der Waals surface area contributed by atoms with E-state index in [4.69, 9.17) is 10.5 Å². The molecule has 1 aliphatic carbocycles. The molecule has 2 fully saturated rings. The number of ether oxygens (including phenoxy) is 1. The van der Waals surface area contributed by atoms with Crippen molar-refractivity contribution < 1.29 is 14.3 Å². The quantitative estimate of drug-likeness (QED) is 0.912. The molecule has 1 aromatic rings.